The Kier molecular flexibility index (Phi) is 4.43. The molecule has 9 heteroatoms. The summed E-state index contributed by atoms with van der Waals surface area (Å²) in [6, 6.07) is 9.10. The Bertz CT molecular complexity index is 1210. The van der Waals surface area contributed by atoms with Gasteiger partial charge < -0.3 is 4.98 Å². The summed E-state index contributed by atoms with van der Waals surface area (Å²) in [4.78, 5) is 44.4. The number of hydrogen-bond acceptors (Lipinski definition) is 5. The van der Waals surface area contributed by atoms with Crippen molar-refractivity contribution in [2.75, 3.05) is 0 Å². The zero-order chi connectivity index (χ0) is 18.8. The second kappa shape index (κ2) is 7.04. The number of carbonyl (C=O) groups is 2. The first-order valence-electron chi connectivity index (χ1n) is 8.21. The number of H-pyrrole nitrogens is 1. The van der Waals surface area contributed by atoms with Gasteiger partial charge >= 0.3 is 0 Å². The molecule has 3 aromatic heterocycles. The highest BCUT2D eigenvalue weighted by molar-refractivity contribution is 7.16. The molecule has 2 amide bonds. The number of fused-ring (bicyclic) bond motifs is 2. The van der Waals surface area contributed by atoms with Crippen LogP contribution < -0.4 is 16.4 Å². The summed E-state index contributed by atoms with van der Waals surface area (Å²) in [7, 11) is 0. The number of thiophene rings is 1. The third-order valence-electron chi connectivity index (χ3n) is 4.18. The maximum atomic E-state index is 12.3. The van der Waals surface area contributed by atoms with Gasteiger partial charge in [-0.15, -0.1) is 11.3 Å². The Morgan fingerprint density at radius 1 is 1.15 bits per heavy atom. The van der Waals surface area contributed by atoms with Gasteiger partial charge in [0, 0.05) is 30.1 Å². The Balaban J connectivity index is 1.36. The molecular formula is C18H15N5O3S. The highest BCUT2D eigenvalue weighted by atomic mass is 32.1. The van der Waals surface area contributed by atoms with Crippen LogP contribution in [0.4, 0.5) is 0 Å². The first-order chi connectivity index (χ1) is 13.1. The van der Waals surface area contributed by atoms with E-state index in [1.165, 1.54) is 22.2 Å². The van der Waals surface area contributed by atoms with Crippen molar-refractivity contribution in [3.05, 3.63) is 64.2 Å². The van der Waals surface area contributed by atoms with Crippen molar-refractivity contribution >= 4 is 44.3 Å². The molecule has 1 aromatic carbocycles. The molecule has 0 spiro atoms. The molecule has 0 atom stereocenters. The van der Waals surface area contributed by atoms with Gasteiger partial charge in [0.15, 0.2) is 0 Å². The second-order valence-corrected chi connectivity index (χ2v) is 6.78. The number of hydrazine groups is 1. The molecule has 27 heavy (non-hydrogen) atoms. The zero-order valence-electron chi connectivity index (χ0n) is 14.1. The average molecular weight is 381 g/mol. The number of rotatable bonds is 4. The summed E-state index contributed by atoms with van der Waals surface area (Å²) in [6.07, 6.45) is 3.05. The van der Waals surface area contributed by atoms with E-state index in [0.29, 0.717) is 15.8 Å². The number of aryl methyl sites for hydroxylation is 1. The molecule has 0 bridgehead atoms. The molecule has 0 aliphatic rings. The average Bonchev–Trinajstić information content (AvgIpc) is 3.33. The van der Waals surface area contributed by atoms with Gasteiger partial charge in [0.2, 0.25) is 5.91 Å². The third kappa shape index (κ3) is 3.32. The summed E-state index contributed by atoms with van der Waals surface area (Å²) in [5.74, 6) is -0.820. The Labute approximate surface area is 156 Å². The van der Waals surface area contributed by atoms with E-state index in [1.807, 2.05) is 24.3 Å². The zero-order valence-corrected chi connectivity index (χ0v) is 14.9. The van der Waals surface area contributed by atoms with E-state index in [-0.39, 0.29) is 18.5 Å². The second-order valence-electron chi connectivity index (χ2n) is 5.88. The van der Waals surface area contributed by atoms with Gasteiger partial charge in [-0.3, -0.25) is 29.8 Å². The number of amides is 2. The number of para-hydroxylation sites is 1. The van der Waals surface area contributed by atoms with Gasteiger partial charge in [0.1, 0.15) is 4.83 Å². The van der Waals surface area contributed by atoms with Crippen molar-refractivity contribution in [2.45, 2.75) is 13.0 Å². The van der Waals surface area contributed by atoms with E-state index < -0.39 is 11.8 Å². The number of nitrogens with one attached hydrogen (secondary N) is 3. The molecule has 0 saturated carbocycles. The van der Waals surface area contributed by atoms with Gasteiger partial charge in [0.05, 0.1) is 17.3 Å². The number of benzene rings is 1. The fourth-order valence-electron chi connectivity index (χ4n) is 2.79. The number of hydrogen-bond donors (Lipinski definition) is 3. The van der Waals surface area contributed by atoms with Crippen LogP contribution in [0.15, 0.2) is 53.0 Å². The van der Waals surface area contributed by atoms with Gasteiger partial charge in [0.25, 0.3) is 11.5 Å². The van der Waals surface area contributed by atoms with E-state index in [9.17, 15) is 14.4 Å². The molecule has 3 N–H and O–H groups in total. The van der Waals surface area contributed by atoms with Crippen LogP contribution >= 0.6 is 11.3 Å². The summed E-state index contributed by atoms with van der Waals surface area (Å²) >= 11 is 1.39. The molecule has 0 aliphatic heterocycles. The van der Waals surface area contributed by atoms with Crippen molar-refractivity contribution in [1.29, 1.82) is 0 Å². The fourth-order valence-corrected chi connectivity index (χ4v) is 3.51. The normalized spacial score (nSPS) is 11.0. The molecule has 136 valence electrons. The molecule has 4 rings (SSSR count). The minimum absolute atomic E-state index is 0.0331. The lowest BCUT2D eigenvalue weighted by Crippen LogP contribution is -2.42. The summed E-state index contributed by atoms with van der Waals surface area (Å²) in [5, 5.41) is 3.11. The van der Waals surface area contributed by atoms with Crippen LogP contribution in [-0.2, 0) is 11.3 Å². The highest BCUT2D eigenvalue weighted by Crippen LogP contribution is 2.17. The number of carbonyl (C=O) groups excluding carboxylic acids is 2. The maximum absolute atomic E-state index is 12.3. The topological polar surface area (TPSA) is 109 Å². The monoisotopic (exact) mass is 381 g/mol. The SMILES string of the molecule is O=C(CCn1cnc2sccc2c1=O)NNC(=O)c1c[nH]c2ccccc12. The van der Waals surface area contributed by atoms with Crippen molar-refractivity contribution < 1.29 is 9.59 Å². The molecule has 0 saturated heterocycles. The Hall–Kier alpha value is -3.46. The summed E-state index contributed by atoms with van der Waals surface area (Å²) in [5.41, 5.74) is 5.86. The van der Waals surface area contributed by atoms with Gasteiger partial charge in [-0.2, -0.15) is 0 Å². The van der Waals surface area contributed by atoms with Gasteiger partial charge in [-0.05, 0) is 17.5 Å². The molecule has 0 radical (unpaired) electrons. The van der Waals surface area contributed by atoms with Crippen LogP contribution in [0.3, 0.4) is 0 Å². The predicted molar refractivity (Wildman–Crippen MR) is 102 cm³/mol. The molecule has 8 nitrogen and oxygen atoms in total. The van der Waals surface area contributed by atoms with E-state index >= 15 is 0 Å². The van der Waals surface area contributed by atoms with Crippen LogP contribution in [0.25, 0.3) is 21.1 Å². The molecular weight excluding hydrogens is 366 g/mol. The third-order valence-corrected chi connectivity index (χ3v) is 5.00. The number of nitrogens with zero attached hydrogens (tertiary/aromatic N) is 2. The summed E-state index contributed by atoms with van der Waals surface area (Å²) in [6.45, 7) is 0.173. The smallest absolute Gasteiger partial charge is 0.271 e. The lowest BCUT2D eigenvalue weighted by Gasteiger charge is -2.08. The van der Waals surface area contributed by atoms with Crippen LogP contribution in [0.2, 0.25) is 0 Å². The lowest BCUT2D eigenvalue weighted by molar-refractivity contribution is -0.122. The minimum Gasteiger partial charge on any atom is -0.360 e. The van der Waals surface area contributed by atoms with Crippen LogP contribution in [0.1, 0.15) is 16.8 Å². The lowest BCUT2D eigenvalue weighted by atomic mass is 10.2. The van der Waals surface area contributed by atoms with Gasteiger partial charge in [-0.1, -0.05) is 18.2 Å². The number of aromatic nitrogens is 3. The van der Waals surface area contributed by atoms with Crippen LogP contribution in [0, 0.1) is 0 Å². The molecule has 4 aromatic rings. The van der Waals surface area contributed by atoms with E-state index in [4.69, 9.17) is 0 Å². The Morgan fingerprint density at radius 3 is 2.89 bits per heavy atom. The van der Waals surface area contributed by atoms with E-state index in [1.54, 1.807) is 17.6 Å². The quantitative estimate of drug-likeness (QED) is 0.468. The fraction of sp³-hybridized carbons (Fsp3) is 0.111. The maximum Gasteiger partial charge on any atom is 0.271 e. The first-order valence-corrected chi connectivity index (χ1v) is 9.09. The summed E-state index contributed by atoms with van der Waals surface area (Å²) < 4.78 is 1.39. The molecule has 3 heterocycles. The van der Waals surface area contributed by atoms with Crippen molar-refractivity contribution in [3.63, 3.8) is 0 Å². The standard InChI is InChI=1S/C18H15N5O3S/c24-15(5-7-23-10-20-17-12(18(23)26)6-8-27-17)21-22-16(25)13-9-19-14-4-2-1-3-11(13)14/h1-4,6,8-10,19H,5,7H2,(H,21,24)(H,22,25). The largest absolute Gasteiger partial charge is 0.360 e. The van der Waals surface area contributed by atoms with Crippen LogP contribution in [-0.4, -0.2) is 26.3 Å². The minimum atomic E-state index is -0.417. The van der Waals surface area contributed by atoms with E-state index in [0.717, 1.165) is 10.9 Å². The molecule has 0 unspecified atom stereocenters. The van der Waals surface area contributed by atoms with Crippen molar-refractivity contribution in [1.82, 2.24) is 25.4 Å². The van der Waals surface area contributed by atoms with Crippen molar-refractivity contribution in [2.24, 2.45) is 0 Å². The molecule has 0 fully saturated rings. The predicted octanol–water partition coefficient (Wildman–Crippen LogP) is 1.79. The van der Waals surface area contributed by atoms with E-state index in [2.05, 4.69) is 20.8 Å². The Morgan fingerprint density at radius 2 is 2.00 bits per heavy atom. The first kappa shape index (κ1) is 17.0. The van der Waals surface area contributed by atoms with Gasteiger partial charge in [-0.25, -0.2) is 4.98 Å². The highest BCUT2D eigenvalue weighted by Gasteiger charge is 2.13. The van der Waals surface area contributed by atoms with Crippen molar-refractivity contribution in [3.8, 4) is 0 Å². The van der Waals surface area contributed by atoms with Crippen LogP contribution in [0.5, 0.6) is 0 Å². The molecule has 0 aliphatic carbocycles. The number of aromatic amines is 1.